The summed E-state index contributed by atoms with van der Waals surface area (Å²) in [6.07, 6.45) is 1.33. The number of hydrogen-bond acceptors (Lipinski definition) is 4. The van der Waals surface area contributed by atoms with Crippen LogP contribution in [0.1, 0.15) is 63.8 Å². The first kappa shape index (κ1) is 31.5. The van der Waals surface area contributed by atoms with Crippen molar-refractivity contribution in [2.75, 3.05) is 7.11 Å². The monoisotopic (exact) mass is 667 g/mol. The summed E-state index contributed by atoms with van der Waals surface area (Å²) in [5.41, 5.74) is 6.89. The zero-order valence-electron chi connectivity index (χ0n) is 23.5. The predicted molar refractivity (Wildman–Crippen MR) is 146 cm³/mol. The number of pyridine rings is 1. The number of carbonyl (C=O) groups is 1. The van der Waals surface area contributed by atoms with E-state index in [1.165, 1.54) is 22.8 Å². The van der Waals surface area contributed by atoms with Crippen molar-refractivity contribution >= 4 is 16.7 Å². The van der Waals surface area contributed by atoms with Gasteiger partial charge in [-0.1, -0.05) is 55.4 Å². The van der Waals surface area contributed by atoms with Gasteiger partial charge in [-0.3, -0.25) is 9.78 Å². The molecule has 36 heavy (non-hydrogen) atoms. The number of benzene rings is 2. The van der Waals surface area contributed by atoms with Crippen molar-refractivity contribution < 1.29 is 34.7 Å². The smallest absolute Gasteiger partial charge is 0.164 e. The normalized spacial score (nSPS) is 11.9. The van der Waals surface area contributed by atoms with Crippen LogP contribution in [0, 0.1) is 44.6 Å². The van der Waals surface area contributed by atoms with Crippen molar-refractivity contribution in [3.63, 3.8) is 0 Å². The van der Waals surface area contributed by atoms with E-state index in [9.17, 15) is 9.90 Å². The van der Waals surface area contributed by atoms with Gasteiger partial charge in [0.1, 0.15) is 11.5 Å². The molecule has 0 amide bonds. The summed E-state index contributed by atoms with van der Waals surface area (Å²) in [6.45, 7) is 19.5. The molecule has 0 aliphatic heterocycles. The number of aryl methyl sites for hydroxylation is 4. The van der Waals surface area contributed by atoms with Crippen molar-refractivity contribution in [3.05, 3.63) is 70.5 Å². The SMILES string of the molecule is CC(C)(C)C(=O)/C=C(\O)C(C)(C)C.COc1cc2cc(C)c(C)cc2nc1-c1[c-]c(C)cc(C)c1.[Ir]. The van der Waals surface area contributed by atoms with Crippen molar-refractivity contribution in [2.24, 2.45) is 10.8 Å². The predicted octanol–water partition coefficient (Wildman–Crippen LogP) is 8.03. The van der Waals surface area contributed by atoms with Crippen molar-refractivity contribution in [1.29, 1.82) is 0 Å². The molecule has 0 unspecified atom stereocenters. The Kier molecular flexibility index (Phi) is 10.7. The standard InChI is InChI=1S/C20H20NO.C11H20O2.Ir/c1-12-6-13(2)8-17(7-12)20-19(22-5)11-16-9-14(3)15(4)10-18(16)21-20;1-10(2,3)8(12)7-9(13)11(4,5)6;/h6-7,9-11H,1-5H3;7,12H,1-6H3;/q-1;;/b;8-7-;. The topological polar surface area (TPSA) is 59.4 Å². The molecule has 2 aromatic carbocycles. The number of aliphatic hydroxyl groups excluding tert-OH is 1. The number of aliphatic hydroxyl groups is 1. The number of allylic oxidation sites excluding steroid dienone is 2. The van der Waals surface area contributed by atoms with Gasteiger partial charge < -0.3 is 9.84 Å². The van der Waals surface area contributed by atoms with Gasteiger partial charge in [0.2, 0.25) is 0 Å². The van der Waals surface area contributed by atoms with E-state index in [-0.39, 0.29) is 37.1 Å². The van der Waals surface area contributed by atoms with Gasteiger partial charge in [0, 0.05) is 48.1 Å². The van der Waals surface area contributed by atoms with Crippen LogP contribution < -0.4 is 4.74 Å². The molecule has 0 saturated heterocycles. The Bertz CT molecular complexity index is 1240. The summed E-state index contributed by atoms with van der Waals surface area (Å²) < 4.78 is 5.58. The Morgan fingerprint density at radius 3 is 2.00 bits per heavy atom. The minimum absolute atomic E-state index is 0. The average Bonchev–Trinajstić information content (AvgIpc) is 2.72. The number of carbonyl (C=O) groups excluding carboxylic acids is 1. The molecule has 0 aliphatic carbocycles. The third-order valence-electron chi connectivity index (χ3n) is 5.79. The zero-order chi connectivity index (χ0) is 26.7. The Hall–Kier alpha value is -2.49. The Balaban J connectivity index is 0.000000402. The number of nitrogens with zero attached hydrogens (tertiary/aromatic N) is 1. The molecule has 3 rings (SSSR count). The van der Waals surface area contributed by atoms with E-state index in [2.05, 4.69) is 64.1 Å². The number of hydrogen-bond donors (Lipinski definition) is 1. The van der Waals surface area contributed by atoms with E-state index in [1.807, 2.05) is 41.5 Å². The molecule has 1 aromatic heterocycles. The molecule has 3 aromatic rings. The molecular weight excluding hydrogens is 627 g/mol. The fourth-order valence-corrected chi connectivity index (χ4v) is 3.35. The largest absolute Gasteiger partial charge is 0.512 e. The Labute approximate surface area is 230 Å². The number of methoxy groups -OCH3 is 1. The minimum atomic E-state index is -0.417. The van der Waals surface area contributed by atoms with Crippen LogP contribution in [0.2, 0.25) is 0 Å². The molecule has 1 heterocycles. The zero-order valence-corrected chi connectivity index (χ0v) is 25.9. The number of rotatable bonds is 3. The maximum absolute atomic E-state index is 11.5. The van der Waals surface area contributed by atoms with Gasteiger partial charge in [-0.15, -0.1) is 34.9 Å². The maximum Gasteiger partial charge on any atom is 0.164 e. The molecule has 0 saturated carbocycles. The fraction of sp³-hybridized carbons (Fsp3) is 0.419. The third kappa shape index (κ3) is 8.28. The summed E-state index contributed by atoms with van der Waals surface area (Å²) in [7, 11) is 1.69. The van der Waals surface area contributed by atoms with Gasteiger partial charge in [0.15, 0.2) is 5.78 Å². The van der Waals surface area contributed by atoms with E-state index in [0.717, 1.165) is 33.5 Å². The van der Waals surface area contributed by atoms with Gasteiger partial charge in [0.25, 0.3) is 0 Å². The van der Waals surface area contributed by atoms with Gasteiger partial charge in [-0.25, -0.2) is 0 Å². The molecule has 0 aliphatic rings. The van der Waals surface area contributed by atoms with E-state index in [1.54, 1.807) is 7.11 Å². The average molecular weight is 667 g/mol. The molecule has 197 valence electrons. The van der Waals surface area contributed by atoms with Crippen LogP contribution in [0.15, 0.2) is 42.2 Å². The van der Waals surface area contributed by atoms with Crippen LogP contribution in [-0.4, -0.2) is 23.0 Å². The quantitative estimate of drug-likeness (QED) is 0.175. The second-order valence-corrected chi connectivity index (χ2v) is 11.3. The molecule has 4 nitrogen and oxygen atoms in total. The number of ether oxygens (including phenoxy) is 1. The molecule has 0 spiro atoms. The molecular formula is C31H40IrNO3-. The van der Waals surface area contributed by atoms with E-state index in [4.69, 9.17) is 9.72 Å². The molecule has 0 fully saturated rings. The number of fused-ring (bicyclic) bond motifs is 1. The van der Waals surface area contributed by atoms with Crippen LogP contribution in [0.5, 0.6) is 5.75 Å². The summed E-state index contributed by atoms with van der Waals surface area (Å²) in [4.78, 5) is 16.3. The maximum atomic E-state index is 11.5. The van der Waals surface area contributed by atoms with Crippen molar-refractivity contribution in [2.45, 2.75) is 69.2 Å². The summed E-state index contributed by atoms with van der Waals surface area (Å²) in [5.74, 6) is 0.893. The van der Waals surface area contributed by atoms with Crippen molar-refractivity contribution in [1.82, 2.24) is 4.98 Å². The van der Waals surface area contributed by atoms with E-state index >= 15 is 0 Å². The molecule has 1 radical (unpaired) electrons. The molecule has 1 N–H and O–H groups in total. The van der Waals surface area contributed by atoms with Crippen LogP contribution in [0.3, 0.4) is 0 Å². The summed E-state index contributed by atoms with van der Waals surface area (Å²) >= 11 is 0. The van der Waals surface area contributed by atoms with Gasteiger partial charge in [-0.2, -0.15) is 0 Å². The van der Waals surface area contributed by atoms with Crippen LogP contribution >= 0.6 is 0 Å². The summed E-state index contributed by atoms with van der Waals surface area (Å²) in [6, 6.07) is 14.0. The van der Waals surface area contributed by atoms with Crippen LogP contribution in [0.4, 0.5) is 0 Å². The van der Waals surface area contributed by atoms with Crippen LogP contribution in [0.25, 0.3) is 22.2 Å². The molecule has 0 atom stereocenters. The van der Waals surface area contributed by atoms with E-state index in [0.29, 0.717) is 0 Å². The van der Waals surface area contributed by atoms with E-state index < -0.39 is 5.41 Å². The Morgan fingerprint density at radius 1 is 0.917 bits per heavy atom. The van der Waals surface area contributed by atoms with Gasteiger partial charge in [0.05, 0.1) is 12.6 Å². The van der Waals surface area contributed by atoms with Gasteiger partial charge in [-0.05, 0) is 43.2 Å². The van der Waals surface area contributed by atoms with Crippen LogP contribution in [-0.2, 0) is 24.9 Å². The summed E-state index contributed by atoms with van der Waals surface area (Å²) in [5, 5.41) is 10.7. The molecule has 0 bridgehead atoms. The minimum Gasteiger partial charge on any atom is -0.512 e. The second kappa shape index (κ2) is 12.2. The van der Waals surface area contributed by atoms with Crippen molar-refractivity contribution in [3.8, 4) is 17.0 Å². The molecule has 5 heteroatoms. The third-order valence-corrected chi connectivity index (χ3v) is 5.79. The first-order chi connectivity index (χ1) is 16.0. The first-order valence-electron chi connectivity index (χ1n) is 12.0. The number of aromatic nitrogens is 1. The number of ketones is 1. The van der Waals surface area contributed by atoms with Gasteiger partial charge >= 0.3 is 0 Å². The second-order valence-electron chi connectivity index (χ2n) is 11.3. The Morgan fingerprint density at radius 2 is 1.50 bits per heavy atom. The fourth-order valence-electron chi connectivity index (χ4n) is 3.35. The first-order valence-corrected chi connectivity index (χ1v) is 12.0.